The Bertz CT molecular complexity index is 215. The Morgan fingerprint density at radius 2 is 1.30 bits per heavy atom. The lowest BCUT2D eigenvalue weighted by Gasteiger charge is -2.48. The Labute approximate surface area is 129 Å². The van der Waals surface area contributed by atoms with Crippen LogP contribution in [-0.4, -0.2) is 0 Å². The number of unbranched alkanes of at least 4 members (excludes halogenated alkanes) is 4. The largest absolute Gasteiger partial charge is 0.0654 e. The highest BCUT2D eigenvalue weighted by atomic mass is 14.5. The van der Waals surface area contributed by atoms with Crippen molar-refractivity contribution >= 4 is 0 Å². The highest BCUT2D eigenvalue weighted by Crippen LogP contribution is 2.52. The minimum absolute atomic E-state index is 0.788. The average molecular weight is 281 g/mol. The van der Waals surface area contributed by atoms with Crippen LogP contribution in [0.5, 0.6) is 0 Å². The van der Waals surface area contributed by atoms with Crippen molar-refractivity contribution in [1.82, 2.24) is 0 Å². The molecule has 1 spiro atoms. The summed E-state index contributed by atoms with van der Waals surface area (Å²) in [6.45, 7) is 9.49. The molecule has 0 aromatic rings. The molecule has 0 saturated heterocycles. The van der Waals surface area contributed by atoms with Crippen LogP contribution in [0, 0.1) is 17.3 Å². The summed E-state index contributed by atoms with van der Waals surface area (Å²) in [5, 5.41) is 0. The van der Waals surface area contributed by atoms with Crippen molar-refractivity contribution in [3.8, 4) is 0 Å². The second-order valence-electron chi connectivity index (χ2n) is 7.64. The molecule has 0 heterocycles. The Morgan fingerprint density at radius 3 is 1.85 bits per heavy atom. The summed E-state index contributed by atoms with van der Waals surface area (Å²) in [4.78, 5) is 0. The molecule has 20 heavy (non-hydrogen) atoms. The predicted molar refractivity (Wildman–Crippen MR) is 92.1 cm³/mol. The van der Waals surface area contributed by atoms with Gasteiger partial charge in [0.15, 0.2) is 0 Å². The van der Waals surface area contributed by atoms with Gasteiger partial charge in [0, 0.05) is 0 Å². The van der Waals surface area contributed by atoms with E-state index in [0.717, 1.165) is 17.3 Å². The van der Waals surface area contributed by atoms with Crippen LogP contribution in [0.4, 0.5) is 0 Å². The van der Waals surface area contributed by atoms with Crippen molar-refractivity contribution in [1.29, 1.82) is 0 Å². The average Bonchev–Trinajstić information content (AvgIpc) is 2.47. The van der Waals surface area contributed by atoms with Gasteiger partial charge in [0.25, 0.3) is 0 Å². The Balaban J connectivity index is 0.000000246. The van der Waals surface area contributed by atoms with Crippen LogP contribution in [0.3, 0.4) is 0 Å². The van der Waals surface area contributed by atoms with E-state index in [9.17, 15) is 0 Å². The third kappa shape index (κ3) is 5.41. The topological polar surface area (TPSA) is 0 Å². The first-order valence-corrected chi connectivity index (χ1v) is 9.66. The van der Waals surface area contributed by atoms with E-state index in [0.29, 0.717) is 0 Å². The van der Waals surface area contributed by atoms with E-state index in [-0.39, 0.29) is 0 Å². The number of hydrogen-bond acceptors (Lipinski definition) is 0. The predicted octanol–water partition coefficient (Wildman–Crippen LogP) is 7.37. The van der Waals surface area contributed by atoms with Crippen molar-refractivity contribution < 1.29 is 0 Å². The van der Waals surface area contributed by atoms with E-state index in [1.165, 1.54) is 64.2 Å². The number of hydrogen-bond donors (Lipinski definition) is 0. The molecule has 2 aliphatic carbocycles. The molecule has 0 nitrogen and oxygen atoms in total. The van der Waals surface area contributed by atoms with Gasteiger partial charge in [-0.1, -0.05) is 91.9 Å². The van der Waals surface area contributed by atoms with Crippen molar-refractivity contribution in [2.24, 2.45) is 17.3 Å². The van der Waals surface area contributed by atoms with E-state index >= 15 is 0 Å². The second kappa shape index (κ2) is 9.85. The van der Waals surface area contributed by atoms with Gasteiger partial charge < -0.3 is 0 Å². The highest BCUT2D eigenvalue weighted by molar-refractivity contribution is 4.92. The van der Waals surface area contributed by atoms with E-state index in [2.05, 4.69) is 27.7 Å². The van der Waals surface area contributed by atoms with Crippen molar-refractivity contribution in [2.75, 3.05) is 0 Å². The second-order valence-corrected chi connectivity index (χ2v) is 7.64. The molecule has 0 N–H and O–H groups in total. The van der Waals surface area contributed by atoms with Gasteiger partial charge in [-0.05, 0) is 36.5 Å². The van der Waals surface area contributed by atoms with Crippen LogP contribution in [0.25, 0.3) is 0 Å². The van der Waals surface area contributed by atoms with Crippen LogP contribution in [-0.2, 0) is 0 Å². The molecule has 0 amide bonds. The lowest BCUT2D eigenvalue weighted by molar-refractivity contribution is 0.0237. The van der Waals surface area contributed by atoms with E-state index in [4.69, 9.17) is 0 Å². The Hall–Kier alpha value is 0. The maximum atomic E-state index is 2.52. The quantitative estimate of drug-likeness (QED) is 0.471. The third-order valence-electron chi connectivity index (χ3n) is 6.21. The van der Waals surface area contributed by atoms with Crippen LogP contribution in [0.15, 0.2) is 0 Å². The summed E-state index contributed by atoms with van der Waals surface area (Å²) in [6.07, 6.45) is 19.1. The standard InChI is InChI=1S/C13H24.C7H16/c1-11-7-6-10-13(12(11)2)8-4-3-5-9-13;1-3-5-7-6-4-2/h11-12H,3-10H2,1-2H3;3-7H2,1-2H3. The van der Waals surface area contributed by atoms with E-state index < -0.39 is 0 Å². The monoisotopic (exact) mass is 280 g/mol. The third-order valence-corrected chi connectivity index (χ3v) is 6.21. The van der Waals surface area contributed by atoms with Gasteiger partial charge in [-0.15, -0.1) is 0 Å². The summed E-state index contributed by atoms with van der Waals surface area (Å²) < 4.78 is 0. The minimum Gasteiger partial charge on any atom is -0.0654 e. The molecule has 2 rings (SSSR count). The lowest BCUT2D eigenvalue weighted by atomic mass is 9.57. The first-order valence-electron chi connectivity index (χ1n) is 9.66. The molecule has 2 fully saturated rings. The molecule has 0 bridgehead atoms. The SMILES string of the molecule is CC1CCCC2(CCCCC2)C1C.CCCCCCC. The maximum absolute atomic E-state index is 2.52. The Kier molecular flexibility index (Phi) is 8.89. The van der Waals surface area contributed by atoms with E-state index in [1.807, 2.05) is 0 Å². The zero-order valence-corrected chi connectivity index (χ0v) is 14.8. The normalized spacial score (nSPS) is 28.8. The number of rotatable bonds is 4. The summed E-state index contributed by atoms with van der Waals surface area (Å²) >= 11 is 0. The van der Waals surface area contributed by atoms with Gasteiger partial charge in [-0.25, -0.2) is 0 Å². The molecular formula is C20H40. The summed E-state index contributed by atoms with van der Waals surface area (Å²) in [6, 6.07) is 0. The molecule has 0 radical (unpaired) electrons. The zero-order chi connectivity index (χ0) is 14.8. The fourth-order valence-corrected chi connectivity index (χ4v) is 4.50. The van der Waals surface area contributed by atoms with Crippen LogP contribution < -0.4 is 0 Å². The minimum atomic E-state index is 0.788. The first-order chi connectivity index (χ1) is 9.66. The first kappa shape index (κ1) is 18.1. The van der Waals surface area contributed by atoms with Gasteiger partial charge in [0.1, 0.15) is 0 Å². The van der Waals surface area contributed by atoms with Crippen molar-refractivity contribution in [3.05, 3.63) is 0 Å². The molecule has 0 heteroatoms. The molecular weight excluding hydrogens is 240 g/mol. The highest BCUT2D eigenvalue weighted by Gasteiger charge is 2.41. The lowest BCUT2D eigenvalue weighted by Crippen LogP contribution is -2.38. The summed E-state index contributed by atoms with van der Waals surface area (Å²) in [7, 11) is 0. The fourth-order valence-electron chi connectivity index (χ4n) is 4.50. The fraction of sp³-hybridized carbons (Fsp3) is 1.00. The Morgan fingerprint density at radius 1 is 0.750 bits per heavy atom. The van der Waals surface area contributed by atoms with Crippen molar-refractivity contribution in [2.45, 2.75) is 111 Å². The zero-order valence-electron chi connectivity index (χ0n) is 14.8. The van der Waals surface area contributed by atoms with Gasteiger partial charge >= 0.3 is 0 Å². The van der Waals surface area contributed by atoms with E-state index in [1.54, 1.807) is 19.3 Å². The van der Waals surface area contributed by atoms with Crippen molar-refractivity contribution in [3.63, 3.8) is 0 Å². The van der Waals surface area contributed by atoms with Crippen LogP contribution in [0.1, 0.15) is 111 Å². The summed E-state index contributed by atoms with van der Waals surface area (Å²) in [5.74, 6) is 1.99. The molecule has 2 unspecified atom stereocenters. The molecule has 120 valence electrons. The summed E-state index contributed by atoms with van der Waals surface area (Å²) in [5.41, 5.74) is 0.788. The molecule has 2 atom stereocenters. The molecule has 0 aromatic heterocycles. The smallest absolute Gasteiger partial charge is 0.0269 e. The van der Waals surface area contributed by atoms with Gasteiger partial charge in [-0.3, -0.25) is 0 Å². The van der Waals surface area contributed by atoms with Crippen LogP contribution >= 0.6 is 0 Å². The molecule has 2 aliphatic rings. The maximum Gasteiger partial charge on any atom is -0.0269 e. The van der Waals surface area contributed by atoms with Gasteiger partial charge in [0.05, 0.1) is 0 Å². The van der Waals surface area contributed by atoms with Gasteiger partial charge in [-0.2, -0.15) is 0 Å². The molecule has 0 aromatic carbocycles. The molecule has 0 aliphatic heterocycles. The van der Waals surface area contributed by atoms with Gasteiger partial charge in [0.2, 0.25) is 0 Å². The van der Waals surface area contributed by atoms with Crippen LogP contribution in [0.2, 0.25) is 0 Å². The molecule has 2 saturated carbocycles.